The van der Waals surface area contributed by atoms with E-state index >= 15 is 0 Å². The molecule has 4 aromatic carbocycles. The van der Waals surface area contributed by atoms with Crippen LogP contribution in [0.25, 0.3) is 21.5 Å². The molecule has 0 unspecified atom stereocenters. The Kier molecular flexibility index (Phi) is 3.09. The largest absolute Gasteiger partial charge is 0.399 e. The van der Waals surface area contributed by atoms with Gasteiger partial charge in [-0.15, -0.1) is 0 Å². The molecule has 23 heavy (non-hydrogen) atoms. The fraction of sp³-hybridized carbons (Fsp3) is 0. The second-order valence-electron chi connectivity index (χ2n) is 5.67. The van der Waals surface area contributed by atoms with E-state index in [4.69, 9.17) is 5.73 Å². The van der Waals surface area contributed by atoms with Crippen molar-refractivity contribution in [3.8, 4) is 0 Å². The Balaban J connectivity index is 1.89. The number of nitrogens with two attached hydrogens (primary N) is 1. The molecule has 0 fully saturated rings. The van der Waals surface area contributed by atoms with Crippen molar-refractivity contribution in [2.75, 3.05) is 5.73 Å². The van der Waals surface area contributed by atoms with Crippen molar-refractivity contribution < 1.29 is 4.79 Å². The third-order valence-corrected chi connectivity index (χ3v) is 4.18. The lowest BCUT2D eigenvalue weighted by molar-refractivity contribution is 0.103. The third kappa shape index (κ3) is 2.34. The van der Waals surface area contributed by atoms with Gasteiger partial charge in [-0.2, -0.15) is 0 Å². The average Bonchev–Trinajstić information content (AvgIpc) is 2.61. The number of anilines is 1. The van der Waals surface area contributed by atoms with Crippen molar-refractivity contribution in [1.29, 1.82) is 0 Å². The highest BCUT2D eigenvalue weighted by Gasteiger charge is 2.10. The summed E-state index contributed by atoms with van der Waals surface area (Å²) in [6.07, 6.45) is 0. The van der Waals surface area contributed by atoms with Gasteiger partial charge in [-0.05, 0) is 51.9 Å². The zero-order valence-electron chi connectivity index (χ0n) is 12.5. The molecule has 0 atom stereocenters. The SMILES string of the molecule is Nc1ccc(C(=O)c2ccc3ccc4ccccc4c3c2)cc1. The van der Waals surface area contributed by atoms with Crippen LogP contribution in [0.1, 0.15) is 15.9 Å². The lowest BCUT2D eigenvalue weighted by Crippen LogP contribution is -2.01. The molecule has 0 radical (unpaired) electrons. The van der Waals surface area contributed by atoms with Gasteiger partial charge < -0.3 is 5.73 Å². The summed E-state index contributed by atoms with van der Waals surface area (Å²) in [5.74, 6) is 0.0137. The van der Waals surface area contributed by atoms with Gasteiger partial charge in [0.25, 0.3) is 0 Å². The Hall–Kier alpha value is -3.13. The maximum atomic E-state index is 12.7. The van der Waals surface area contributed by atoms with Gasteiger partial charge in [0, 0.05) is 16.8 Å². The van der Waals surface area contributed by atoms with Gasteiger partial charge in [0.05, 0.1) is 0 Å². The van der Waals surface area contributed by atoms with Crippen molar-refractivity contribution in [3.05, 3.63) is 90.0 Å². The summed E-state index contributed by atoms with van der Waals surface area (Å²) in [7, 11) is 0. The molecule has 0 amide bonds. The van der Waals surface area contributed by atoms with Crippen LogP contribution in [-0.2, 0) is 0 Å². The van der Waals surface area contributed by atoms with Crippen molar-refractivity contribution in [2.24, 2.45) is 0 Å². The van der Waals surface area contributed by atoms with Crippen LogP contribution in [-0.4, -0.2) is 5.78 Å². The molecule has 110 valence electrons. The summed E-state index contributed by atoms with van der Waals surface area (Å²) in [4.78, 5) is 12.7. The van der Waals surface area contributed by atoms with Gasteiger partial charge in [0.2, 0.25) is 0 Å². The molecular formula is C21H15NO. The predicted molar refractivity (Wildman–Crippen MR) is 95.7 cm³/mol. The molecular weight excluding hydrogens is 282 g/mol. The van der Waals surface area contributed by atoms with E-state index in [1.54, 1.807) is 24.3 Å². The minimum Gasteiger partial charge on any atom is -0.399 e. The topological polar surface area (TPSA) is 43.1 Å². The van der Waals surface area contributed by atoms with Gasteiger partial charge in [0.15, 0.2) is 5.78 Å². The number of benzene rings is 4. The first-order valence-electron chi connectivity index (χ1n) is 7.54. The van der Waals surface area contributed by atoms with Crippen LogP contribution < -0.4 is 5.73 Å². The first-order valence-corrected chi connectivity index (χ1v) is 7.54. The standard InChI is InChI=1S/C21H15NO/c22-18-11-9-16(10-12-18)21(23)17-8-7-15-6-5-14-3-1-2-4-19(14)20(15)13-17/h1-13H,22H2. The highest BCUT2D eigenvalue weighted by Crippen LogP contribution is 2.27. The first kappa shape index (κ1) is 13.5. The molecule has 0 aliphatic rings. The van der Waals surface area contributed by atoms with Gasteiger partial charge in [0.1, 0.15) is 0 Å². The number of carbonyl (C=O) groups excluding carboxylic acids is 1. The van der Waals surface area contributed by atoms with Crippen LogP contribution in [0.4, 0.5) is 5.69 Å². The van der Waals surface area contributed by atoms with E-state index in [1.807, 2.05) is 30.3 Å². The number of ketones is 1. The molecule has 2 nitrogen and oxygen atoms in total. The van der Waals surface area contributed by atoms with Crippen molar-refractivity contribution in [1.82, 2.24) is 0 Å². The van der Waals surface area contributed by atoms with Gasteiger partial charge >= 0.3 is 0 Å². The van der Waals surface area contributed by atoms with E-state index in [-0.39, 0.29) is 5.78 Å². The molecule has 0 saturated heterocycles. The number of fused-ring (bicyclic) bond motifs is 3. The van der Waals surface area contributed by atoms with Crippen molar-refractivity contribution in [2.45, 2.75) is 0 Å². The molecule has 2 heteroatoms. The summed E-state index contributed by atoms with van der Waals surface area (Å²) < 4.78 is 0. The molecule has 0 saturated carbocycles. The lowest BCUT2D eigenvalue weighted by Gasteiger charge is -2.07. The summed E-state index contributed by atoms with van der Waals surface area (Å²) in [6.45, 7) is 0. The summed E-state index contributed by atoms with van der Waals surface area (Å²) in [6, 6.07) is 25.3. The maximum absolute atomic E-state index is 12.7. The monoisotopic (exact) mass is 297 g/mol. The molecule has 0 bridgehead atoms. The fourth-order valence-corrected chi connectivity index (χ4v) is 2.94. The molecule has 0 aliphatic carbocycles. The molecule has 2 N–H and O–H groups in total. The zero-order valence-corrected chi connectivity index (χ0v) is 12.5. The fourth-order valence-electron chi connectivity index (χ4n) is 2.94. The summed E-state index contributed by atoms with van der Waals surface area (Å²) in [5.41, 5.74) is 7.69. The Morgan fingerprint density at radius 1 is 0.652 bits per heavy atom. The van der Waals surface area contributed by atoms with Crippen molar-refractivity contribution in [3.63, 3.8) is 0 Å². The Morgan fingerprint density at radius 3 is 2.04 bits per heavy atom. The third-order valence-electron chi connectivity index (χ3n) is 4.18. The quantitative estimate of drug-likeness (QED) is 0.328. The highest BCUT2D eigenvalue weighted by molar-refractivity contribution is 6.14. The van der Waals surface area contributed by atoms with Crippen LogP contribution in [0.15, 0.2) is 78.9 Å². The minimum atomic E-state index is 0.0137. The van der Waals surface area contributed by atoms with Crippen LogP contribution in [0.3, 0.4) is 0 Å². The first-order chi connectivity index (χ1) is 11.2. The number of hydrogen-bond donors (Lipinski definition) is 1. The smallest absolute Gasteiger partial charge is 0.193 e. The van der Waals surface area contributed by atoms with E-state index in [2.05, 4.69) is 24.3 Å². The normalized spacial score (nSPS) is 11.0. The second kappa shape index (κ2) is 5.25. The lowest BCUT2D eigenvalue weighted by atomic mass is 9.96. The van der Waals surface area contributed by atoms with Crippen LogP contribution in [0.5, 0.6) is 0 Å². The Morgan fingerprint density at radius 2 is 1.26 bits per heavy atom. The van der Waals surface area contributed by atoms with Gasteiger partial charge in [-0.1, -0.05) is 48.5 Å². The van der Waals surface area contributed by atoms with Crippen LogP contribution in [0, 0.1) is 0 Å². The average molecular weight is 297 g/mol. The zero-order chi connectivity index (χ0) is 15.8. The highest BCUT2D eigenvalue weighted by atomic mass is 16.1. The number of rotatable bonds is 2. The maximum Gasteiger partial charge on any atom is 0.193 e. The van der Waals surface area contributed by atoms with Crippen LogP contribution in [0.2, 0.25) is 0 Å². The molecule has 0 aromatic heterocycles. The summed E-state index contributed by atoms with van der Waals surface area (Å²) >= 11 is 0. The number of carbonyl (C=O) groups is 1. The second-order valence-corrected chi connectivity index (χ2v) is 5.67. The number of hydrogen-bond acceptors (Lipinski definition) is 2. The van der Waals surface area contributed by atoms with E-state index in [0.717, 1.165) is 16.2 Å². The molecule has 4 rings (SSSR count). The molecule has 0 spiro atoms. The Bertz CT molecular complexity index is 1030. The molecule has 4 aromatic rings. The minimum absolute atomic E-state index is 0.0137. The molecule has 0 aliphatic heterocycles. The van der Waals surface area contributed by atoms with E-state index in [0.29, 0.717) is 16.8 Å². The Labute approximate surface area is 134 Å². The van der Waals surface area contributed by atoms with E-state index in [1.165, 1.54) is 5.39 Å². The van der Waals surface area contributed by atoms with E-state index < -0.39 is 0 Å². The molecule has 0 heterocycles. The summed E-state index contributed by atoms with van der Waals surface area (Å²) in [5, 5.41) is 4.58. The predicted octanol–water partition coefficient (Wildman–Crippen LogP) is 4.81. The number of nitrogen functional groups attached to an aromatic ring is 1. The van der Waals surface area contributed by atoms with Gasteiger partial charge in [-0.3, -0.25) is 4.79 Å². The van der Waals surface area contributed by atoms with Crippen molar-refractivity contribution >= 4 is 33.0 Å². The van der Waals surface area contributed by atoms with E-state index in [9.17, 15) is 4.79 Å². The van der Waals surface area contributed by atoms with Gasteiger partial charge in [-0.25, -0.2) is 0 Å². The van der Waals surface area contributed by atoms with Crippen LogP contribution >= 0.6 is 0 Å².